The van der Waals surface area contributed by atoms with Crippen molar-refractivity contribution < 1.29 is 92.7 Å². The molecular formula is C53H75N13O19S4. The molecular weight excluding hydrogens is 1250 g/mol. The quantitative estimate of drug-likeness (QED) is 0.0282. The van der Waals surface area contributed by atoms with Gasteiger partial charge in [0.15, 0.2) is 0 Å². The van der Waals surface area contributed by atoms with Crippen LogP contribution < -0.4 is 64.6 Å². The number of aromatic hydroxyl groups is 2. The molecule has 36 heteroatoms. The number of primary amides is 1. The molecule has 12 atom stereocenters. The number of aliphatic hydroxyl groups is 1. The zero-order valence-corrected chi connectivity index (χ0v) is 51.7. The monoisotopic (exact) mass is 1330 g/mol. The van der Waals surface area contributed by atoms with Crippen LogP contribution in [0.2, 0.25) is 0 Å². The SMILES string of the molecule is C[C@H](NC(=O)[C@@H]1CCCN1C(=O)[C@H](CC(N)=O)NC(=O)[C@H](CS)NC(=O)[C@H](CS)NC(=O)[C@H](Cc1ccc(O)cc1)NC(=O)[C@@H](N)CCC(=O)O)C(=O)N[C@@H](CS)C(=O)N[C@H](C(=O)NCC(=O)N[C@@H](CS)C(=O)N[C@@H](Cc1ccc(O)cc1)C(=O)O)[C@@H](C)O. The fraction of sp³-hybridized carbons (Fsp3) is 0.509. The van der Waals surface area contributed by atoms with E-state index in [2.05, 4.69) is 104 Å². The number of phenols is 2. The van der Waals surface area contributed by atoms with Crippen LogP contribution in [0, 0.1) is 0 Å². The third kappa shape index (κ3) is 24.8. The van der Waals surface area contributed by atoms with Gasteiger partial charge in [-0.3, -0.25) is 62.3 Å². The van der Waals surface area contributed by atoms with Crippen LogP contribution >= 0.6 is 50.5 Å². The van der Waals surface area contributed by atoms with E-state index in [1.54, 1.807) is 0 Å². The maximum atomic E-state index is 14.1. The van der Waals surface area contributed by atoms with Gasteiger partial charge >= 0.3 is 11.9 Å². The van der Waals surface area contributed by atoms with Crippen LogP contribution in [0.5, 0.6) is 11.5 Å². The Morgan fingerprint density at radius 2 is 0.989 bits per heavy atom. The summed E-state index contributed by atoms with van der Waals surface area (Å²) in [5.74, 6) is -16.1. The molecule has 32 nitrogen and oxygen atoms in total. The number of amides is 12. The summed E-state index contributed by atoms with van der Waals surface area (Å²) in [4.78, 5) is 184. The Balaban J connectivity index is 1.62. The summed E-state index contributed by atoms with van der Waals surface area (Å²) < 4.78 is 0. The minimum absolute atomic E-state index is 0.0276. The Morgan fingerprint density at radius 1 is 0.562 bits per heavy atom. The van der Waals surface area contributed by atoms with E-state index in [1.165, 1.54) is 55.5 Å². The molecule has 3 rings (SSSR count). The molecule has 0 radical (unpaired) electrons. The Hall–Kier alpha value is -8.06. The minimum atomic E-state index is -1.74. The predicted molar refractivity (Wildman–Crippen MR) is 328 cm³/mol. The van der Waals surface area contributed by atoms with E-state index < -0.39 is 186 Å². The number of nitrogens with zero attached hydrogens (tertiary/aromatic N) is 1. The van der Waals surface area contributed by atoms with Gasteiger partial charge in [0.2, 0.25) is 70.9 Å². The summed E-state index contributed by atoms with van der Waals surface area (Å²) in [5.41, 5.74) is 12.2. The van der Waals surface area contributed by atoms with Crippen LogP contribution in [0.3, 0.4) is 0 Å². The molecule has 490 valence electrons. The van der Waals surface area contributed by atoms with Crippen LogP contribution in [0.1, 0.15) is 57.1 Å². The Kier molecular flexibility index (Phi) is 31.3. The van der Waals surface area contributed by atoms with Crippen molar-refractivity contribution in [2.75, 3.05) is 36.1 Å². The molecule has 1 saturated heterocycles. The standard InChI is InChI=1S/C53H75N13O19S4/c1-24(43(74)62-37(23-89)49(80)65-42(25(2)67)51(82)56-19-40(71)58-34(20-86)46(77)61-33(53(84)85)17-27-7-11-29(69)12-8-27)57-50(81)38-4-3-15-66(38)52(83)32(18-39(55)70)60-47(78)35(21-87)64-48(79)36(22-88)63-45(76)31(16-26-5-9-28(68)10-6-26)59-44(75)30(54)13-14-41(72)73/h5-12,24-25,30-38,42,67-69,86-89H,3-4,13-23,54H2,1-2H3,(H2,55,70)(H,56,82)(H,57,81)(H,58,71)(H,59,75)(H,60,78)(H,61,77)(H,62,74)(H,63,76)(H,64,79)(H,65,80)(H,72,73)(H,84,85)/t24-,25+,30-,31-,32-,33-,34-,35-,36-,37-,38-,42-/m0/s1. The molecule has 19 N–H and O–H groups in total. The zero-order valence-electron chi connectivity index (χ0n) is 48.1. The Morgan fingerprint density at radius 3 is 1.45 bits per heavy atom. The average Bonchev–Trinajstić information content (AvgIpc) is 3.83. The highest BCUT2D eigenvalue weighted by molar-refractivity contribution is 7.80. The van der Waals surface area contributed by atoms with Crippen molar-refractivity contribution in [3.63, 3.8) is 0 Å². The van der Waals surface area contributed by atoms with Gasteiger partial charge in [0.25, 0.3) is 0 Å². The third-order valence-electron chi connectivity index (χ3n) is 13.4. The summed E-state index contributed by atoms with van der Waals surface area (Å²) in [6.45, 7) is 1.46. The highest BCUT2D eigenvalue weighted by Crippen LogP contribution is 2.20. The van der Waals surface area contributed by atoms with Crippen molar-refractivity contribution in [2.45, 2.75) is 131 Å². The molecule has 0 aromatic heterocycles. The van der Waals surface area contributed by atoms with Crippen LogP contribution in [0.15, 0.2) is 48.5 Å². The fourth-order valence-corrected chi connectivity index (χ4v) is 9.49. The van der Waals surface area contributed by atoms with E-state index in [4.69, 9.17) is 16.6 Å². The normalized spacial score (nSPS) is 16.4. The van der Waals surface area contributed by atoms with Crippen LogP contribution in [0.25, 0.3) is 0 Å². The number of carbonyl (C=O) groups is 14. The number of benzene rings is 2. The third-order valence-corrected chi connectivity index (χ3v) is 14.8. The van der Waals surface area contributed by atoms with Gasteiger partial charge in [-0.05, 0) is 68.5 Å². The van der Waals surface area contributed by atoms with Gasteiger partial charge < -0.3 is 95.1 Å². The van der Waals surface area contributed by atoms with E-state index in [0.29, 0.717) is 11.1 Å². The lowest BCUT2D eigenvalue weighted by molar-refractivity contribution is -0.143. The molecule has 0 unspecified atom stereocenters. The van der Waals surface area contributed by atoms with Gasteiger partial charge in [0.05, 0.1) is 25.1 Å². The number of rotatable bonds is 36. The number of aliphatic carboxylic acids is 2. The van der Waals surface area contributed by atoms with Crippen LogP contribution in [-0.2, 0) is 80.0 Å². The molecule has 2 aromatic rings. The van der Waals surface area contributed by atoms with E-state index in [1.807, 2.05) is 0 Å². The number of likely N-dealkylation sites (tertiary alicyclic amines) is 1. The number of nitrogens with two attached hydrogens (primary N) is 2. The summed E-state index contributed by atoms with van der Waals surface area (Å²) in [6, 6.07) is -5.22. The summed E-state index contributed by atoms with van der Waals surface area (Å²) in [6.07, 6.45) is -3.25. The molecule has 1 fully saturated rings. The molecule has 1 aliphatic heterocycles. The summed E-state index contributed by atoms with van der Waals surface area (Å²) >= 11 is 16.5. The molecule has 89 heavy (non-hydrogen) atoms. The maximum absolute atomic E-state index is 14.1. The molecule has 0 aliphatic carbocycles. The lowest BCUT2D eigenvalue weighted by Gasteiger charge is -2.30. The smallest absolute Gasteiger partial charge is 0.326 e. The first-order valence-electron chi connectivity index (χ1n) is 27.4. The van der Waals surface area contributed by atoms with Gasteiger partial charge in [-0.1, -0.05) is 24.3 Å². The van der Waals surface area contributed by atoms with Gasteiger partial charge in [-0.15, -0.1) is 0 Å². The number of phenolic OH excluding ortho intramolecular Hbond substituents is 2. The van der Waals surface area contributed by atoms with Crippen molar-refractivity contribution in [3.8, 4) is 11.5 Å². The summed E-state index contributed by atoms with van der Waals surface area (Å²) in [7, 11) is 0. The molecule has 0 bridgehead atoms. The first-order valence-corrected chi connectivity index (χ1v) is 29.9. The highest BCUT2D eigenvalue weighted by atomic mass is 32.1. The Labute approximate surface area is 531 Å². The van der Waals surface area contributed by atoms with Crippen molar-refractivity contribution >= 4 is 133 Å². The molecule has 0 saturated carbocycles. The van der Waals surface area contributed by atoms with Crippen LogP contribution in [0.4, 0.5) is 0 Å². The second kappa shape index (κ2) is 37.1. The number of nitrogens with one attached hydrogen (secondary N) is 10. The van der Waals surface area contributed by atoms with Gasteiger partial charge in [-0.2, -0.15) is 50.5 Å². The van der Waals surface area contributed by atoms with Crippen molar-refractivity contribution in [1.82, 2.24) is 58.1 Å². The predicted octanol–water partition coefficient (Wildman–Crippen LogP) is -6.37. The number of carbonyl (C=O) groups excluding carboxylic acids is 12. The molecule has 2 aromatic carbocycles. The molecule has 1 heterocycles. The molecule has 1 aliphatic rings. The summed E-state index contributed by atoms with van der Waals surface area (Å²) in [5, 5.41) is 71.8. The maximum Gasteiger partial charge on any atom is 0.326 e. The topological polar surface area (TPSA) is 516 Å². The van der Waals surface area contributed by atoms with Gasteiger partial charge in [-0.25, -0.2) is 4.79 Å². The largest absolute Gasteiger partial charge is 0.508 e. The minimum Gasteiger partial charge on any atom is -0.508 e. The second-order valence-electron chi connectivity index (χ2n) is 20.4. The fourth-order valence-electron chi connectivity index (χ4n) is 8.46. The first-order chi connectivity index (χ1) is 41.9. The Bertz CT molecular complexity index is 2880. The van der Waals surface area contributed by atoms with Gasteiger partial charge in [0, 0.05) is 48.8 Å². The van der Waals surface area contributed by atoms with E-state index in [0.717, 1.165) is 11.8 Å². The van der Waals surface area contributed by atoms with Crippen molar-refractivity contribution in [2.24, 2.45) is 11.5 Å². The average molecular weight is 1330 g/mol. The zero-order chi connectivity index (χ0) is 66.8. The molecule has 12 amide bonds. The highest BCUT2D eigenvalue weighted by Gasteiger charge is 2.41. The lowest BCUT2D eigenvalue weighted by Crippen LogP contribution is -2.61. The number of hydrogen-bond donors (Lipinski definition) is 21. The number of carboxylic acid groups (broad SMARTS) is 2. The van der Waals surface area contributed by atoms with Crippen molar-refractivity contribution in [3.05, 3.63) is 59.7 Å². The first kappa shape index (κ1) is 75.2. The van der Waals surface area contributed by atoms with E-state index >= 15 is 0 Å². The number of thiol groups is 4. The van der Waals surface area contributed by atoms with Crippen molar-refractivity contribution in [1.29, 1.82) is 0 Å². The lowest BCUT2D eigenvalue weighted by atomic mass is 10.0. The number of carboxylic acids is 2. The van der Waals surface area contributed by atoms with E-state index in [9.17, 15) is 87.5 Å². The molecule has 0 spiro atoms. The van der Waals surface area contributed by atoms with Gasteiger partial charge in [0.1, 0.15) is 71.9 Å². The second-order valence-corrected chi connectivity index (χ2v) is 21.8. The number of aliphatic hydroxyl groups excluding tert-OH is 1. The number of hydrogen-bond acceptors (Lipinski definition) is 22. The van der Waals surface area contributed by atoms with E-state index in [-0.39, 0.29) is 61.7 Å². The van der Waals surface area contributed by atoms with Crippen LogP contribution in [-0.4, -0.2) is 222 Å².